The molecule has 6 nitrogen and oxygen atoms in total. The molecule has 0 aliphatic heterocycles. The number of fused-ring (bicyclic) bond motifs is 2. The molecule has 24 heavy (non-hydrogen) atoms. The lowest BCUT2D eigenvalue weighted by molar-refractivity contribution is -0.145. The molecule has 2 fully saturated rings. The first-order chi connectivity index (χ1) is 11.4. The summed E-state index contributed by atoms with van der Waals surface area (Å²) in [5.41, 5.74) is 0. The van der Waals surface area contributed by atoms with Crippen LogP contribution in [0.15, 0.2) is 29.2 Å². The van der Waals surface area contributed by atoms with Gasteiger partial charge in [0.05, 0.1) is 4.90 Å². The fraction of sp³-hybridized carbons (Fsp3) is 0.588. The fourth-order valence-electron chi connectivity index (χ4n) is 3.94. The number of nitrogens with two attached hydrogens (primary N) is 1. The first-order valence-corrected chi connectivity index (χ1v) is 9.88. The zero-order chi connectivity index (χ0) is 17.2. The Labute approximate surface area is 142 Å². The van der Waals surface area contributed by atoms with E-state index in [1.807, 2.05) is 0 Å². The second-order valence-corrected chi connectivity index (χ2v) is 8.29. The van der Waals surface area contributed by atoms with Crippen LogP contribution in [0.2, 0.25) is 0 Å². The van der Waals surface area contributed by atoms with Gasteiger partial charge in [0.25, 0.3) is 0 Å². The highest BCUT2D eigenvalue weighted by Gasteiger charge is 2.40. The lowest BCUT2D eigenvalue weighted by Gasteiger charge is -2.20. The predicted molar refractivity (Wildman–Crippen MR) is 87.8 cm³/mol. The number of carbonyl (C=O) groups is 1. The van der Waals surface area contributed by atoms with Crippen LogP contribution in [-0.4, -0.2) is 27.6 Å². The van der Waals surface area contributed by atoms with Gasteiger partial charge in [0.1, 0.15) is 19.0 Å². The molecule has 2 aliphatic rings. The number of esters is 1. The average molecular weight is 353 g/mol. The minimum Gasteiger partial charge on any atom is -0.490 e. The van der Waals surface area contributed by atoms with Crippen molar-refractivity contribution in [3.05, 3.63) is 24.3 Å². The Bertz CT molecular complexity index is 685. The van der Waals surface area contributed by atoms with E-state index in [1.54, 1.807) is 0 Å². The third-order valence-electron chi connectivity index (χ3n) is 5.08. The molecule has 7 heteroatoms. The largest absolute Gasteiger partial charge is 0.490 e. The van der Waals surface area contributed by atoms with Gasteiger partial charge in [-0.1, -0.05) is 6.42 Å². The molecule has 0 aromatic heterocycles. The monoisotopic (exact) mass is 353 g/mol. The van der Waals surface area contributed by atoms with E-state index in [9.17, 15) is 13.2 Å². The SMILES string of the molecule is NS(=O)(=O)c1ccc(OCCOC(=O)C[C@@H]2C[C@@H]3CC[C@@H]2C3)cc1. The summed E-state index contributed by atoms with van der Waals surface area (Å²) in [4.78, 5) is 11.9. The molecule has 0 amide bonds. The van der Waals surface area contributed by atoms with Crippen molar-refractivity contribution in [3.63, 3.8) is 0 Å². The summed E-state index contributed by atoms with van der Waals surface area (Å²) in [6, 6.07) is 5.81. The van der Waals surface area contributed by atoms with E-state index < -0.39 is 10.0 Å². The van der Waals surface area contributed by atoms with Crippen LogP contribution in [0.25, 0.3) is 0 Å². The van der Waals surface area contributed by atoms with Crippen molar-refractivity contribution in [1.82, 2.24) is 0 Å². The number of benzene rings is 1. The molecule has 0 unspecified atom stereocenters. The van der Waals surface area contributed by atoms with Crippen molar-refractivity contribution in [2.45, 2.75) is 37.0 Å². The number of carbonyl (C=O) groups excluding carboxylic acids is 1. The smallest absolute Gasteiger partial charge is 0.306 e. The molecule has 0 spiro atoms. The number of primary sulfonamides is 1. The van der Waals surface area contributed by atoms with Crippen molar-refractivity contribution in [1.29, 1.82) is 0 Å². The van der Waals surface area contributed by atoms with Gasteiger partial charge in [-0.05, 0) is 61.3 Å². The van der Waals surface area contributed by atoms with Gasteiger partial charge in [-0.25, -0.2) is 13.6 Å². The summed E-state index contributed by atoms with van der Waals surface area (Å²) < 4.78 is 33.0. The van der Waals surface area contributed by atoms with Crippen LogP contribution in [0.5, 0.6) is 5.75 Å². The number of sulfonamides is 1. The average Bonchev–Trinajstić information content (AvgIpc) is 3.14. The quantitative estimate of drug-likeness (QED) is 0.598. The van der Waals surface area contributed by atoms with Gasteiger partial charge in [-0.15, -0.1) is 0 Å². The summed E-state index contributed by atoms with van der Waals surface area (Å²) in [6.07, 6.45) is 5.57. The Morgan fingerprint density at radius 2 is 1.88 bits per heavy atom. The molecule has 0 heterocycles. The van der Waals surface area contributed by atoms with Gasteiger partial charge in [0.2, 0.25) is 10.0 Å². The topological polar surface area (TPSA) is 95.7 Å². The highest BCUT2D eigenvalue weighted by atomic mass is 32.2. The summed E-state index contributed by atoms with van der Waals surface area (Å²) in [7, 11) is -3.70. The molecule has 1 aromatic rings. The van der Waals surface area contributed by atoms with E-state index in [1.165, 1.54) is 49.9 Å². The van der Waals surface area contributed by atoms with Gasteiger partial charge in [-0.2, -0.15) is 0 Å². The highest BCUT2D eigenvalue weighted by Crippen LogP contribution is 2.49. The van der Waals surface area contributed by atoms with Crippen molar-refractivity contribution < 1.29 is 22.7 Å². The Hall–Kier alpha value is -1.60. The van der Waals surface area contributed by atoms with E-state index in [2.05, 4.69) is 0 Å². The second kappa shape index (κ2) is 7.11. The first-order valence-electron chi connectivity index (χ1n) is 8.33. The number of ether oxygens (including phenoxy) is 2. The standard InChI is InChI=1S/C17H23NO5S/c18-24(20,21)16-5-3-15(4-6-16)22-7-8-23-17(19)11-14-10-12-1-2-13(14)9-12/h3-6,12-14H,1-2,7-11H2,(H2,18,20,21)/t12-,13-,14+/m1/s1. The zero-order valence-electron chi connectivity index (χ0n) is 13.5. The normalized spacial score (nSPS) is 25.6. The number of rotatable bonds is 7. The Morgan fingerprint density at radius 1 is 1.12 bits per heavy atom. The van der Waals surface area contributed by atoms with Crippen molar-refractivity contribution in [3.8, 4) is 5.75 Å². The zero-order valence-corrected chi connectivity index (χ0v) is 14.3. The highest BCUT2D eigenvalue weighted by molar-refractivity contribution is 7.89. The Morgan fingerprint density at radius 3 is 2.46 bits per heavy atom. The first kappa shape index (κ1) is 17.2. The van der Waals surface area contributed by atoms with Crippen LogP contribution in [0, 0.1) is 17.8 Å². The van der Waals surface area contributed by atoms with Crippen molar-refractivity contribution >= 4 is 16.0 Å². The molecular formula is C17H23NO5S. The van der Waals surface area contributed by atoms with E-state index in [-0.39, 0.29) is 24.1 Å². The molecule has 132 valence electrons. The van der Waals surface area contributed by atoms with E-state index >= 15 is 0 Å². The number of hydrogen-bond donors (Lipinski definition) is 1. The molecule has 3 atom stereocenters. The maximum absolute atomic E-state index is 11.9. The van der Waals surface area contributed by atoms with Gasteiger partial charge in [0, 0.05) is 6.42 Å². The molecule has 1 aromatic carbocycles. The second-order valence-electron chi connectivity index (χ2n) is 6.72. The molecule has 0 saturated heterocycles. The summed E-state index contributed by atoms with van der Waals surface area (Å²) in [6.45, 7) is 0.424. The molecular weight excluding hydrogens is 330 g/mol. The molecule has 2 saturated carbocycles. The molecule has 2 N–H and O–H groups in total. The summed E-state index contributed by atoms with van der Waals surface area (Å²) in [5.74, 6) is 2.41. The lowest BCUT2D eigenvalue weighted by atomic mass is 9.86. The Kier molecular flexibility index (Phi) is 5.10. The third kappa shape index (κ3) is 4.27. The maximum atomic E-state index is 11.9. The van der Waals surface area contributed by atoms with Crippen molar-refractivity contribution in [2.75, 3.05) is 13.2 Å². The van der Waals surface area contributed by atoms with Gasteiger partial charge >= 0.3 is 5.97 Å². The fourth-order valence-corrected chi connectivity index (χ4v) is 4.46. The van der Waals surface area contributed by atoms with Crippen LogP contribution in [0.3, 0.4) is 0 Å². The minimum atomic E-state index is -3.70. The van der Waals surface area contributed by atoms with E-state index in [0.29, 0.717) is 18.1 Å². The molecule has 2 bridgehead atoms. The van der Waals surface area contributed by atoms with Crippen LogP contribution < -0.4 is 9.88 Å². The summed E-state index contributed by atoms with van der Waals surface area (Å²) >= 11 is 0. The Balaban J connectivity index is 1.35. The van der Waals surface area contributed by atoms with Crippen molar-refractivity contribution in [2.24, 2.45) is 22.9 Å². The van der Waals surface area contributed by atoms with Crippen LogP contribution in [0.4, 0.5) is 0 Å². The van der Waals surface area contributed by atoms with Crippen LogP contribution in [0.1, 0.15) is 32.1 Å². The minimum absolute atomic E-state index is 0.0344. The van der Waals surface area contributed by atoms with Gasteiger partial charge < -0.3 is 9.47 Å². The van der Waals surface area contributed by atoms with Crippen LogP contribution in [-0.2, 0) is 19.6 Å². The van der Waals surface area contributed by atoms with Crippen LogP contribution >= 0.6 is 0 Å². The van der Waals surface area contributed by atoms with E-state index in [4.69, 9.17) is 14.6 Å². The molecule has 2 aliphatic carbocycles. The predicted octanol–water partition coefficient (Wildman–Crippen LogP) is 2.08. The van der Waals surface area contributed by atoms with Gasteiger partial charge in [0.15, 0.2) is 0 Å². The molecule has 3 rings (SSSR count). The van der Waals surface area contributed by atoms with Gasteiger partial charge in [-0.3, -0.25) is 4.79 Å². The molecule has 0 radical (unpaired) electrons. The third-order valence-corrected chi connectivity index (χ3v) is 6.01. The summed E-state index contributed by atoms with van der Waals surface area (Å²) in [5, 5.41) is 5.03. The number of hydrogen-bond acceptors (Lipinski definition) is 5. The maximum Gasteiger partial charge on any atom is 0.306 e. The lowest BCUT2D eigenvalue weighted by Crippen LogP contribution is -2.19. The van der Waals surface area contributed by atoms with E-state index in [0.717, 1.165) is 11.8 Å².